The predicted molar refractivity (Wildman–Crippen MR) is 79.6 cm³/mol. The van der Waals surface area contributed by atoms with E-state index in [0.29, 0.717) is 25.6 Å². The molecule has 0 amide bonds. The average Bonchev–Trinajstić information content (AvgIpc) is 2.32. The summed E-state index contributed by atoms with van der Waals surface area (Å²) in [6, 6.07) is 0. The predicted octanol–water partition coefficient (Wildman–Crippen LogP) is -0.0142. The van der Waals surface area contributed by atoms with Gasteiger partial charge in [-0.15, -0.1) is 0 Å². The minimum atomic E-state index is -3.05. The second kappa shape index (κ2) is 5.18. The van der Waals surface area contributed by atoms with Crippen molar-refractivity contribution in [3.05, 3.63) is 0 Å². The summed E-state index contributed by atoms with van der Waals surface area (Å²) in [6.45, 7) is 4.85. The molecule has 0 bridgehead atoms. The number of aliphatic imine (C=N–C) groups is 1. The highest BCUT2D eigenvalue weighted by molar-refractivity contribution is 7.92. The summed E-state index contributed by atoms with van der Waals surface area (Å²) < 4.78 is 23.2. The third-order valence-electron chi connectivity index (χ3n) is 4.41. The monoisotopic (exact) mass is 303 g/mol. The lowest BCUT2D eigenvalue weighted by Crippen LogP contribution is -2.59. The lowest BCUT2D eigenvalue weighted by molar-refractivity contribution is -0.0283. The lowest BCUT2D eigenvalue weighted by atomic mass is 9.80. The number of rotatable bonds is 2. The zero-order chi connectivity index (χ0) is 15.0. The summed E-state index contributed by atoms with van der Waals surface area (Å²) in [5.41, 5.74) is -0.618. The smallest absolute Gasteiger partial charge is 0.193 e. The van der Waals surface area contributed by atoms with Crippen LogP contribution in [0.3, 0.4) is 0 Å². The van der Waals surface area contributed by atoms with Crippen molar-refractivity contribution in [2.75, 3.05) is 32.4 Å². The molecule has 6 nitrogen and oxygen atoms in total. The van der Waals surface area contributed by atoms with Crippen molar-refractivity contribution in [2.24, 2.45) is 4.99 Å². The molecule has 116 valence electrons. The third kappa shape index (κ3) is 2.93. The van der Waals surface area contributed by atoms with E-state index in [-0.39, 0.29) is 5.75 Å². The van der Waals surface area contributed by atoms with Gasteiger partial charge in [0, 0.05) is 26.7 Å². The second-order valence-corrected chi connectivity index (χ2v) is 9.22. The van der Waals surface area contributed by atoms with Crippen molar-refractivity contribution >= 4 is 15.8 Å². The van der Waals surface area contributed by atoms with Crippen LogP contribution in [0.5, 0.6) is 0 Å². The Balaban J connectivity index is 1.99. The number of guanidine groups is 1. The molecule has 0 atom stereocenters. The van der Waals surface area contributed by atoms with Gasteiger partial charge in [-0.3, -0.25) is 4.99 Å². The SMILES string of the molecule is CN=C(NCC1(O)CCC1)N1CCS(=O)(=O)C(C)(C)C1. The van der Waals surface area contributed by atoms with Crippen molar-refractivity contribution in [2.45, 2.75) is 43.5 Å². The molecule has 0 aromatic rings. The first-order chi connectivity index (χ1) is 9.19. The van der Waals surface area contributed by atoms with Gasteiger partial charge in [-0.1, -0.05) is 0 Å². The number of hydrogen-bond acceptors (Lipinski definition) is 4. The van der Waals surface area contributed by atoms with Crippen molar-refractivity contribution in [3.63, 3.8) is 0 Å². The fraction of sp³-hybridized carbons (Fsp3) is 0.923. The van der Waals surface area contributed by atoms with Gasteiger partial charge in [-0.25, -0.2) is 8.42 Å². The molecule has 7 heteroatoms. The summed E-state index contributed by atoms with van der Waals surface area (Å²) in [5, 5.41) is 13.3. The largest absolute Gasteiger partial charge is 0.388 e. The topological polar surface area (TPSA) is 82.0 Å². The first kappa shape index (κ1) is 15.6. The molecule has 2 aliphatic rings. The Morgan fingerprint density at radius 3 is 2.50 bits per heavy atom. The minimum Gasteiger partial charge on any atom is -0.388 e. The van der Waals surface area contributed by atoms with Gasteiger partial charge in [0.1, 0.15) is 0 Å². The highest BCUT2D eigenvalue weighted by Gasteiger charge is 2.41. The fourth-order valence-corrected chi connectivity index (χ4v) is 4.03. The van der Waals surface area contributed by atoms with Crippen LogP contribution in [0.4, 0.5) is 0 Å². The first-order valence-corrected chi connectivity index (χ1v) is 8.75. The van der Waals surface area contributed by atoms with Crippen LogP contribution in [0, 0.1) is 0 Å². The van der Waals surface area contributed by atoms with E-state index in [1.54, 1.807) is 20.9 Å². The van der Waals surface area contributed by atoms with Crippen LogP contribution in [-0.2, 0) is 9.84 Å². The minimum absolute atomic E-state index is 0.144. The number of nitrogens with one attached hydrogen (secondary N) is 1. The maximum absolute atomic E-state index is 12.0. The highest BCUT2D eigenvalue weighted by Crippen LogP contribution is 2.30. The molecule has 2 fully saturated rings. The fourth-order valence-electron chi connectivity index (χ4n) is 2.66. The molecule has 0 aromatic carbocycles. The Morgan fingerprint density at radius 1 is 1.40 bits per heavy atom. The van der Waals surface area contributed by atoms with Gasteiger partial charge >= 0.3 is 0 Å². The van der Waals surface area contributed by atoms with Crippen LogP contribution >= 0.6 is 0 Å². The van der Waals surface area contributed by atoms with E-state index in [2.05, 4.69) is 10.3 Å². The molecule has 1 saturated heterocycles. The van der Waals surface area contributed by atoms with Crippen LogP contribution in [0.2, 0.25) is 0 Å². The molecule has 20 heavy (non-hydrogen) atoms. The molecule has 1 saturated carbocycles. The standard InChI is InChI=1S/C13H25N3O3S/c1-12(2)10-16(7-8-20(12,18)19)11(14-3)15-9-13(17)5-4-6-13/h17H,4-10H2,1-3H3,(H,14,15). The zero-order valence-corrected chi connectivity index (χ0v) is 13.3. The molecular formula is C13H25N3O3S. The van der Waals surface area contributed by atoms with E-state index in [4.69, 9.17) is 0 Å². The van der Waals surface area contributed by atoms with Crippen LogP contribution in [-0.4, -0.2) is 67.2 Å². The summed E-state index contributed by atoms with van der Waals surface area (Å²) in [7, 11) is -1.36. The van der Waals surface area contributed by atoms with E-state index in [1.807, 2.05) is 4.90 Å². The Hall–Kier alpha value is -0.820. The first-order valence-electron chi connectivity index (χ1n) is 7.09. The van der Waals surface area contributed by atoms with Gasteiger partial charge in [-0.05, 0) is 33.1 Å². The summed E-state index contributed by atoms with van der Waals surface area (Å²) in [6.07, 6.45) is 2.69. The molecule has 2 rings (SSSR count). The third-order valence-corrected chi connectivity index (χ3v) is 6.95. The molecule has 2 N–H and O–H groups in total. The van der Waals surface area contributed by atoms with Crippen LogP contribution < -0.4 is 5.32 Å². The van der Waals surface area contributed by atoms with Gasteiger partial charge in [0.05, 0.1) is 16.1 Å². The molecule has 0 radical (unpaired) electrons. The van der Waals surface area contributed by atoms with Crippen LogP contribution in [0.15, 0.2) is 4.99 Å². The Bertz CT molecular complexity index is 495. The van der Waals surface area contributed by atoms with Crippen molar-refractivity contribution in [1.82, 2.24) is 10.2 Å². The van der Waals surface area contributed by atoms with Crippen molar-refractivity contribution in [3.8, 4) is 0 Å². The molecule has 1 aliphatic carbocycles. The van der Waals surface area contributed by atoms with Gasteiger partial charge in [-0.2, -0.15) is 0 Å². The normalized spacial score (nSPS) is 27.8. The second-order valence-electron chi connectivity index (χ2n) is 6.48. The Morgan fingerprint density at radius 2 is 2.05 bits per heavy atom. The Labute approximate surface area is 121 Å². The summed E-state index contributed by atoms with van der Waals surface area (Å²) in [5.74, 6) is 0.818. The molecule has 1 heterocycles. The van der Waals surface area contributed by atoms with E-state index in [1.165, 1.54) is 0 Å². The maximum Gasteiger partial charge on any atom is 0.193 e. The van der Waals surface area contributed by atoms with E-state index in [0.717, 1.165) is 19.3 Å². The zero-order valence-electron chi connectivity index (χ0n) is 12.5. The van der Waals surface area contributed by atoms with Crippen LogP contribution in [0.25, 0.3) is 0 Å². The summed E-state index contributed by atoms with van der Waals surface area (Å²) >= 11 is 0. The van der Waals surface area contributed by atoms with Crippen molar-refractivity contribution in [1.29, 1.82) is 0 Å². The van der Waals surface area contributed by atoms with E-state index in [9.17, 15) is 13.5 Å². The van der Waals surface area contributed by atoms with E-state index >= 15 is 0 Å². The van der Waals surface area contributed by atoms with Crippen LogP contribution in [0.1, 0.15) is 33.1 Å². The quantitative estimate of drug-likeness (QED) is 0.554. The lowest BCUT2D eigenvalue weighted by Gasteiger charge is -2.41. The number of aliphatic hydroxyl groups is 1. The summed E-state index contributed by atoms with van der Waals surface area (Å²) in [4.78, 5) is 6.17. The highest BCUT2D eigenvalue weighted by atomic mass is 32.2. The van der Waals surface area contributed by atoms with E-state index < -0.39 is 20.2 Å². The molecule has 0 unspecified atom stereocenters. The van der Waals surface area contributed by atoms with Gasteiger partial charge in [0.2, 0.25) is 0 Å². The molecule has 1 aliphatic heterocycles. The van der Waals surface area contributed by atoms with Gasteiger partial charge in [0.15, 0.2) is 15.8 Å². The average molecular weight is 303 g/mol. The van der Waals surface area contributed by atoms with Gasteiger partial charge < -0.3 is 15.3 Å². The molecule has 0 aromatic heterocycles. The van der Waals surface area contributed by atoms with Crippen molar-refractivity contribution < 1.29 is 13.5 Å². The van der Waals surface area contributed by atoms with Gasteiger partial charge in [0.25, 0.3) is 0 Å². The molecular weight excluding hydrogens is 278 g/mol. The maximum atomic E-state index is 12.0. The Kier molecular flexibility index (Phi) is 4.03. The number of sulfone groups is 1. The number of hydrogen-bond donors (Lipinski definition) is 2. The number of nitrogens with zero attached hydrogens (tertiary/aromatic N) is 2. The molecule has 0 spiro atoms.